The molecule has 35 heavy (non-hydrogen) atoms. The number of fused-ring (bicyclic) bond motifs is 1. The molecule has 1 amide bonds. The Morgan fingerprint density at radius 1 is 1.14 bits per heavy atom. The summed E-state index contributed by atoms with van der Waals surface area (Å²) in [5.41, 5.74) is 1.22. The maximum atomic E-state index is 13.5. The number of pyridine rings is 2. The number of aryl methyl sites for hydroxylation is 1. The Morgan fingerprint density at radius 2 is 1.89 bits per heavy atom. The van der Waals surface area contributed by atoms with Gasteiger partial charge in [0, 0.05) is 24.6 Å². The molecule has 4 rings (SSSR count). The van der Waals surface area contributed by atoms with E-state index in [1.807, 2.05) is 0 Å². The van der Waals surface area contributed by atoms with E-state index in [-0.39, 0.29) is 12.3 Å². The Labute approximate surface area is 199 Å². The van der Waals surface area contributed by atoms with E-state index in [9.17, 15) is 18.0 Å². The Kier molecular flexibility index (Phi) is 6.18. The van der Waals surface area contributed by atoms with Crippen LogP contribution in [0.2, 0.25) is 0 Å². The topological polar surface area (TPSA) is 91.6 Å². The number of rotatable bonds is 7. The second kappa shape index (κ2) is 8.84. The first-order chi connectivity index (χ1) is 16.5. The van der Waals surface area contributed by atoms with Crippen LogP contribution in [-0.2, 0) is 17.0 Å². The van der Waals surface area contributed by atoms with Gasteiger partial charge in [0.25, 0.3) is 11.8 Å². The number of anilines is 1. The normalized spacial score (nSPS) is 17.6. The van der Waals surface area contributed by atoms with Crippen molar-refractivity contribution < 1.29 is 32.2 Å². The smallest absolute Gasteiger partial charge is 0.408 e. The molecule has 12 heteroatoms. The Balaban J connectivity index is 1.82. The maximum Gasteiger partial charge on any atom is 0.408 e. The zero-order valence-corrected chi connectivity index (χ0v) is 19.8. The molecule has 0 saturated carbocycles. The summed E-state index contributed by atoms with van der Waals surface area (Å²) in [7, 11) is 2.97. The van der Waals surface area contributed by atoms with Crippen LogP contribution in [0.5, 0.6) is 11.6 Å². The van der Waals surface area contributed by atoms with E-state index in [1.54, 1.807) is 39.1 Å². The Morgan fingerprint density at radius 3 is 2.51 bits per heavy atom. The van der Waals surface area contributed by atoms with E-state index in [0.29, 0.717) is 39.7 Å². The molecular formula is C23H24F3N5O4. The molecule has 0 spiro atoms. The first kappa shape index (κ1) is 24.5. The quantitative estimate of drug-likeness (QED) is 0.492. The number of alkyl halides is 3. The summed E-state index contributed by atoms with van der Waals surface area (Å²) in [6.07, 6.45) is -0.501. The highest BCUT2D eigenvalue weighted by atomic mass is 19.4. The summed E-state index contributed by atoms with van der Waals surface area (Å²) in [5, 5.41) is 3.78. The highest BCUT2D eigenvalue weighted by Gasteiger charge is 2.51. The van der Waals surface area contributed by atoms with Gasteiger partial charge in [-0.2, -0.15) is 18.3 Å². The predicted molar refractivity (Wildman–Crippen MR) is 119 cm³/mol. The molecule has 1 atom stereocenters. The lowest BCUT2D eigenvalue weighted by molar-refractivity contribution is -0.142. The number of methoxy groups -OCH3 is 2. The maximum absolute atomic E-state index is 13.5. The van der Waals surface area contributed by atoms with Gasteiger partial charge >= 0.3 is 6.18 Å². The van der Waals surface area contributed by atoms with Gasteiger partial charge < -0.3 is 14.2 Å². The number of carbonyl (C=O) groups is 1. The summed E-state index contributed by atoms with van der Waals surface area (Å²) in [6.45, 7) is 4.12. The summed E-state index contributed by atoms with van der Waals surface area (Å²) >= 11 is 0. The van der Waals surface area contributed by atoms with Crippen molar-refractivity contribution in [3.05, 3.63) is 47.5 Å². The lowest BCUT2D eigenvalue weighted by Gasteiger charge is -2.33. The van der Waals surface area contributed by atoms with E-state index in [4.69, 9.17) is 19.2 Å². The monoisotopic (exact) mass is 491 g/mol. The van der Waals surface area contributed by atoms with E-state index < -0.39 is 24.4 Å². The molecule has 186 valence electrons. The molecule has 1 aliphatic heterocycles. The molecule has 4 heterocycles. The van der Waals surface area contributed by atoms with Crippen molar-refractivity contribution in [2.75, 3.05) is 25.7 Å². The molecule has 0 N–H and O–H groups in total. The predicted octanol–water partition coefficient (Wildman–Crippen LogP) is 4.10. The molecule has 9 nitrogen and oxygen atoms in total. The van der Waals surface area contributed by atoms with Crippen LogP contribution >= 0.6 is 0 Å². The zero-order chi connectivity index (χ0) is 25.5. The zero-order valence-electron chi connectivity index (χ0n) is 19.8. The SMILES string of the molecule is CCOC1(C)c2nc(-c3cnc(OC)c(OC)c3)cc(C)c2C(=O)N1c1cnn(CC(F)(F)F)c1. The van der Waals surface area contributed by atoms with Crippen LogP contribution < -0.4 is 14.4 Å². The minimum Gasteiger partial charge on any atom is -0.491 e. The largest absolute Gasteiger partial charge is 0.491 e. The highest BCUT2D eigenvalue weighted by Crippen LogP contribution is 2.44. The third-order valence-corrected chi connectivity index (χ3v) is 5.67. The minimum atomic E-state index is -4.45. The molecule has 1 aliphatic rings. The third-order valence-electron chi connectivity index (χ3n) is 5.67. The highest BCUT2D eigenvalue weighted by molar-refractivity contribution is 6.12. The molecule has 0 saturated heterocycles. The number of aromatic nitrogens is 4. The average molecular weight is 491 g/mol. The molecule has 1 unspecified atom stereocenters. The first-order valence-corrected chi connectivity index (χ1v) is 10.7. The van der Waals surface area contributed by atoms with Gasteiger partial charge in [-0.3, -0.25) is 14.4 Å². The Bertz CT molecular complexity index is 1280. The number of nitrogens with zero attached hydrogens (tertiary/aromatic N) is 5. The van der Waals surface area contributed by atoms with Crippen molar-refractivity contribution in [2.24, 2.45) is 0 Å². The number of hydrogen-bond acceptors (Lipinski definition) is 7. The van der Waals surface area contributed by atoms with Gasteiger partial charge in [0.15, 0.2) is 11.5 Å². The van der Waals surface area contributed by atoms with E-state index in [0.717, 1.165) is 4.68 Å². The van der Waals surface area contributed by atoms with Gasteiger partial charge in [0.1, 0.15) is 12.2 Å². The lowest BCUT2D eigenvalue weighted by atomic mass is 10.0. The van der Waals surface area contributed by atoms with Crippen LogP contribution in [0, 0.1) is 6.92 Å². The molecule has 3 aromatic rings. The van der Waals surface area contributed by atoms with Gasteiger partial charge in [-0.05, 0) is 38.5 Å². The van der Waals surface area contributed by atoms with Gasteiger partial charge in [0.2, 0.25) is 0 Å². The molecule has 0 bridgehead atoms. The molecule has 0 fully saturated rings. The fourth-order valence-corrected chi connectivity index (χ4v) is 4.23. The van der Waals surface area contributed by atoms with Crippen molar-refractivity contribution >= 4 is 11.6 Å². The Hall–Kier alpha value is -3.67. The second-order valence-corrected chi connectivity index (χ2v) is 8.05. The van der Waals surface area contributed by atoms with Crippen molar-refractivity contribution in [1.29, 1.82) is 0 Å². The number of amides is 1. The molecular weight excluding hydrogens is 467 g/mol. The van der Waals surface area contributed by atoms with Crippen LogP contribution in [0.4, 0.5) is 18.9 Å². The summed E-state index contributed by atoms with van der Waals surface area (Å²) < 4.78 is 55.8. The van der Waals surface area contributed by atoms with Crippen LogP contribution in [0.3, 0.4) is 0 Å². The number of carbonyl (C=O) groups excluding carboxylic acids is 1. The van der Waals surface area contributed by atoms with Crippen molar-refractivity contribution in [1.82, 2.24) is 19.7 Å². The first-order valence-electron chi connectivity index (χ1n) is 10.7. The van der Waals surface area contributed by atoms with Gasteiger partial charge in [-0.1, -0.05) is 0 Å². The van der Waals surface area contributed by atoms with Crippen molar-refractivity contribution in [3.63, 3.8) is 0 Å². The number of ether oxygens (including phenoxy) is 3. The van der Waals surface area contributed by atoms with Gasteiger partial charge in [0.05, 0.1) is 37.4 Å². The van der Waals surface area contributed by atoms with E-state index in [1.165, 1.54) is 31.5 Å². The van der Waals surface area contributed by atoms with Crippen molar-refractivity contribution in [2.45, 2.75) is 39.2 Å². The fourth-order valence-electron chi connectivity index (χ4n) is 4.23. The van der Waals surface area contributed by atoms with Crippen LogP contribution in [-0.4, -0.2) is 52.7 Å². The minimum absolute atomic E-state index is 0.168. The summed E-state index contributed by atoms with van der Waals surface area (Å²) in [5.74, 6) is 0.280. The standard InChI is InChI=1S/C23H24F3N5O4/c1-6-35-22(3)19-18(21(32)31(22)15-10-28-30(11-15)12-23(24,25)26)13(2)7-16(29-19)14-8-17(33-4)20(34-5)27-9-14/h7-11H,6,12H2,1-5H3. The van der Waals surface area contributed by atoms with Gasteiger partial charge in [-0.15, -0.1) is 0 Å². The van der Waals surface area contributed by atoms with Crippen LogP contribution in [0.25, 0.3) is 11.3 Å². The molecule has 0 radical (unpaired) electrons. The van der Waals surface area contributed by atoms with E-state index in [2.05, 4.69) is 10.1 Å². The number of hydrogen-bond donors (Lipinski definition) is 0. The number of halogens is 3. The average Bonchev–Trinajstić information content (AvgIpc) is 3.32. The van der Waals surface area contributed by atoms with E-state index >= 15 is 0 Å². The van der Waals surface area contributed by atoms with Crippen LogP contribution in [0.15, 0.2) is 30.7 Å². The second-order valence-electron chi connectivity index (χ2n) is 8.05. The molecule has 0 aliphatic carbocycles. The van der Waals surface area contributed by atoms with Gasteiger partial charge in [-0.25, -0.2) is 9.97 Å². The van der Waals surface area contributed by atoms with Crippen LogP contribution in [0.1, 0.15) is 35.5 Å². The fraction of sp³-hybridized carbons (Fsp3) is 0.391. The lowest BCUT2D eigenvalue weighted by Crippen LogP contribution is -2.44. The molecule has 0 aromatic carbocycles. The third kappa shape index (κ3) is 4.29. The summed E-state index contributed by atoms with van der Waals surface area (Å²) in [4.78, 5) is 23.8. The molecule has 3 aromatic heterocycles. The van der Waals surface area contributed by atoms with Crippen molar-refractivity contribution in [3.8, 4) is 22.9 Å². The summed E-state index contributed by atoms with van der Waals surface area (Å²) in [6, 6.07) is 3.45.